The molecule has 3 aliphatic rings. The third-order valence-corrected chi connectivity index (χ3v) is 8.62. The second-order valence-corrected chi connectivity index (χ2v) is 11.0. The number of anilines is 1. The lowest BCUT2D eigenvalue weighted by atomic mass is 10.2. The molecule has 2 aromatic rings. The predicted octanol–water partition coefficient (Wildman–Crippen LogP) is 3.03. The molecule has 10 heteroatoms. The van der Waals surface area contributed by atoms with E-state index in [4.69, 9.17) is 21.1 Å². The number of halogens is 1. The van der Waals surface area contributed by atoms with Gasteiger partial charge in [-0.1, -0.05) is 23.4 Å². The van der Waals surface area contributed by atoms with Gasteiger partial charge in [0.2, 0.25) is 0 Å². The number of carbonyl (C=O) groups is 1. The number of rotatable bonds is 2. The molecule has 0 bridgehead atoms. The molecule has 0 N–H and O–H groups in total. The SMILES string of the molecule is O=C(N=C1S[C@@H]2CS(=O)(=O)C[C@H]2N1c1ccc2c(c1)OCCO2)c1ccc(Cl)cc1. The first-order valence-electron chi connectivity index (χ1n) is 9.34. The van der Waals surface area contributed by atoms with Crippen LogP contribution in [0.1, 0.15) is 10.4 Å². The summed E-state index contributed by atoms with van der Waals surface area (Å²) >= 11 is 7.23. The normalized spacial score (nSPS) is 25.4. The molecular weight excluding hydrogens is 448 g/mol. The van der Waals surface area contributed by atoms with Gasteiger partial charge in [-0.05, 0) is 36.4 Å². The first kappa shape index (κ1) is 19.7. The van der Waals surface area contributed by atoms with Crippen molar-refractivity contribution in [2.24, 2.45) is 4.99 Å². The van der Waals surface area contributed by atoms with E-state index in [1.165, 1.54) is 11.8 Å². The summed E-state index contributed by atoms with van der Waals surface area (Å²) in [6.45, 7) is 0.929. The number of thioether (sulfide) groups is 1. The Morgan fingerprint density at radius 2 is 1.80 bits per heavy atom. The van der Waals surface area contributed by atoms with E-state index in [1.807, 2.05) is 17.0 Å². The quantitative estimate of drug-likeness (QED) is 0.675. The molecule has 156 valence electrons. The second-order valence-electron chi connectivity index (χ2n) is 7.20. The highest BCUT2D eigenvalue weighted by molar-refractivity contribution is 8.16. The van der Waals surface area contributed by atoms with Crippen molar-refractivity contribution < 1.29 is 22.7 Å². The number of aliphatic imine (C=N–C) groups is 1. The summed E-state index contributed by atoms with van der Waals surface area (Å²) < 4.78 is 35.7. The Morgan fingerprint density at radius 1 is 1.07 bits per heavy atom. The van der Waals surface area contributed by atoms with E-state index in [1.54, 1.807) is 30.3 Å². The topological polar surface area (TPSA) is 85.3 Å². The number of sulfone groups is 1. The molecule has 0 unspecified atom stereocenters. The van der Waals surface area contributed by atoms with Gasteiger partial charge >= 0.3 is 0 Å². The molecule has 1 amide bonds. The van der Waals surface area contributed by atoms with E-state index < -0.39 is 15.7 Å². The lowest BCUT2D eigenvalue weighted by Gasteiger charge is -2.26. The van der Waals surface area contributed by atoms with Crippen molar-refractivity contribution in [2.75, 3.05) is 29.6 Å². The minimum absolute atomic E-state index is 0.0211. The molecule has 2 fully saturated rings. The van der Waals surface area contributed by atoms with E-state index >= 15 is 0 Å². The van der Waals surface area contributed by atoms with Crippen LogP contribution in [0.5, 0.6) is 11.5 Å². The maximum absolute atomic E-state index is 12.7. The second kappa shape index (κ2) is 7.47. The van der Waals surface area contributed by atoms with Crippen LogP contribution in [-0.2, 0) is 9.84 Å². The Hall–Kier alpha value is -2.23. The maximum Gasteiger partial charge on any atom is 0.279 e. The van der Waals surface area contributed by atoms with Gasteiger partial charge < -0.3 is 14.4 Å². The summed E-state index contributed by atoms with van der Waals surface area (Å²) in [5.41, 5.74) is 1.14. The molecule has 3 aliphatic heterocycles. The molecule has 0 spiro atoms. The van der Waals surface area contributed by atoms with Crippen LogP contribution in [-0.4, -0.2) is 55.5 Å². The zero-order valence-corrected chi connectivity index (χ0v) is 18.0. The van der Waals surface area contributed by atoms with E-state index in [0.717, 1.165) is 5.69 Å². The van der Waals surface area contributed by atoms with Gasteiger partial charge in [0.05, 0.1) is 17.5 Å². The number of hydrogen-bond acceptors (Lipinski definition) is 6. The molecule has 3 heterocycles. The Balaban J connectivity index is 1.53. The molecule has 2 aromatic carbocycles. The van der Waals surface area contributed by atoms with Gasteiger partial charge in [0.25, 0.3) is 5.91 Å². The molecular formula is C20H17ClN2O5S2. The summed E-state index contributed by atoms with van der Waals surface area (Å²) in [5.74, 6) is 0.921. The third-order valence-electron chi connectivity index (χ3n) is 5.16. The highest BCUT2D eigenvalue weighted by Crippen LogP contribution is 2.43. The van der Waals surface area contributed by atoms with Gasteiger partial charge in [0, 0.05) is 27.6 Å². The van der Waals surface area contributed by atoms with Crippen LogP contribution < -0.4 is 14.4 Å². The van der Waals surface area contributed by atoms with E-state index in [2.05, 4.69) is 4.99 Å². The zero-order chi connectivity index (χ0) is 20.9. The molecule has 7 nitrogen and oxygen atoms in total. The monoisotopic (exact) mass is 464 g/mol. The average Bonchev–Trinajstić information content (AvgIpc) is 3.18. The van der Waals surface area contributed by atoms with Crippen molar-refractivity contribution in [2.45, 2.75) is 11.3 Å². The van der Waals surface area contributed by atoms with Crippen LogP contribution >= 0.6 is 23.4 Å². The minimum Gasteiger partial charge on any atom is -0.486 e. The van der Waals surface area contributed by atoms with Crippen molar-refractivity contribution in [3.8, 4) is 11.5 Å². The summed E-state index contributed by atoms with van der Waals surface area (Å²) in [7, 11) is -3.15. The Bertz CT molecular complexity index is 1150. The fraction of sp³-hybridized carbons (Fsp3) is 0.300. The van der Waals surface area contributed by atoms with Crippen LogP contribution in [0.15, 0.2) is 47.5 Å². The average molecular weight is 465 g/mol. The van der Waals surface area contributed by atoms with Crippen molar-refractivity contribution in [1.82, 2.24) is 0 Å². The highest BCUT2D eigenvalue weighted by atomic mass is 35.5. The van der Waals surface area contributed by atoms with Crippen LogP contribution in [0.3, 0.4) is 0 Å². The zero-order valence-electron chi connectivity index (χ0n) is 15.7. The molecule has 2 saturated heterocycles. The van der Waals surface area contributed by atoms with Crippen molar-refractivity contribution >= 4 is 50.0 Å². The van der Waals surface area contributed by atoms with E-state index in [0.29, 0.717) is 40.5 Å². The number of nitrogens with zero attached hydrogens (tertiary/aromatic N) is 2. The standard InChI is InChI=1S/C20H17ClN2O5S2/c21-13-3-1-12(2-4-13)19(24)22-20-23(15-10-30(25,26)11-18(15)29-20)14-5-6-16-17(9-14)28-8-7-27-16/h1-6,9,15,18H,7-8,10-11H2/t15-,18-/m1/s1. The molecule has 5 rings (SSSR count). The third kappa shape index (κ3) is 3.66. The first-order valence-corrected chi connectivity index (χ1v) is 12.4. The number of carbonyl (C=O) groups excluding carboxylic acids is 1. The molecule has 0 radical (unpaired) electrons. The molecule has 0 aliphatic carbocycles. The minimum atomic E-state index is -3.15. The van der Waals surface area contributed by atoms with Gasteiger partial charge in [-0.3, -0.25) is 4.79 Å². The van der Waals surface area contributed by atoms with Crippen LogP contribution in [0, 0.1) is 0 Å². The van der Waals surface area contributed by atoms with E-state index in [9.17, 15) is 13.2 Å². The fourth-order valence-electron chi connectivity index (χ4n) is 3.79. The van der Waals surface area contributed by atoms with Gasteiger partial charge in [-0.15, -0.1) is 0 Å². The number of benzene rings is 2. The van der Waals surface area contributed by atoms with Crippen LogP contribution in [0.4, 0.5) is 5.69 Å². The maximum atomic E-state index is 12.7. The smallest absolute Gasteiger partial charge is 0.279 e. The fourth-order valence-corrected chi connectivity index (χ4v) is 7.83. The Labute approximate surface area is 182 Å². The Morgan fingerprint density at radius 3 is 2.57 bits per heavy atom. The molecule has 2 atom stereocenters. The lowest BCUT2D eigenvalue weighted by Crippen LogP contribution is -2.37. The molecule has 30 heavy (non-hydrogen) atoms. The van der Waals surface area contributed by atoms with Crippen molar-refractivity contribution in [3.63, 3.8) is 0 Å². The summed E-state index contributed by atoms with van der Waals surface area (Å²) in [6, 6.07) is 11.7. The molecule has 0 aromatic heterocycles. The van der Waals surface area contributed by atoms with Gasteiger partial charge in [-0.2, -0.15) is 4.99 Å². The predicted molar refractivity (Wildman–Crippen MR) is 117 cm³/mol. The van der Waals surface area contributed by atoms with Gasteiger partial charge in [-0.25, -0.2) is 8.42 Å². The number of hydrogen-bond donors (Lipinski definition) is 0. The van der Waals surface area contributed by atoms with Gasteiger partial charge in [0.15, 0.2) is 26.5 Å². The lowest BCUT2D eigenvalue weighted by molar-refractivity contribution is 0.100. The van der Waals surface area contributed by atoms with E-state index in [-0.39, 0.29) is 22.8 Å². The molecule has 0 saturated carbocycles. The summed E-state index contributed by atoms with van der Waals surface area (Å²) in [4.78, 5) is 18.9. The number of ether oxygens (including phenoxy) is 2. The largest absolute Gasteiger partial charge is 0.486 e. The van der Waals surface area contributed by atoms with Crippen molar-refractivity contribution in [3.05, 3.63) is 53.1 Å². The summed E-state index contributed by atoms with van der Waals surface area (Å²) in [6.07, 6.45) is 0. The number of fused-ring (bicyclic) bond motifs is 2. The summed E-state index contributed by atoms with van der Waals surface area (Å²) in [5, 5.41) is 0.837. The Kier molecular flexibility index (Phi) is 4.91. The van der Waals surface area contributed by atoms with Crippen LogP contribution in [0.2, 0.25) is 5.02 Å². The number of amidine groups is 1. The highest BCUT2D eigenvalue weighted by Gasteiger charge is 2.49. The van der Waals surface area contributed by atoms with Gasteiger partial charge in [0.1, 0.15) is 13.2 Å². The van der Waals surface area contributed by atoms with Crippen molar-refractivity contribution in [1.29, 1.82) is 0 Å². The number of amides is 1. The first-order chi connectivity index (χ1) is 14.4. The van der Waals surface area contributed by atoms with Crippen LogP contribution in [0.25, 0.3) is 0 Å².